The van der Waals surface area contributed by atoms with Gasteiger partial charge in [0, 0.05) is 31.9 Å². The summed E-state index contributed by atoms with van der Waals surface area (Å²) in [5, 5.41) is 3.22. The fourth-order valence-electron chi connectivity index (χ4n) is 3.05. The number of aromatic nitrogens is 1. The summed E-state index contributed by atoms with van der Waals surface area (Å²) < 4.78 is 0. The van der Waals surface area contributed by atoms with Crippen molar-refractivity contribution in [2.45, 2.75) is 26.3 Å². The molecule has 112 valence electrons. The Hall–Kier alpha value is -1.13. The molecule has 1 aliphatic rings. The van der Waals surface area contributed by atoms with Gasteiger partial charge in [0.2, 0.25) is 0 Å². The van der Waals surface area contributed by atoms with E-state index in [1.165, 1.54) is 24.9 Å². The number of piperidine rings is 1. The highest BCUT2D eigenvalue weighted by atomic mass is 15.2. The minimum atomic E-state index is 0.836. The molecule has 1 saturated heterocycles. The lowest BCUT2D eigenvalue weighted by Crippen LogP contribution is -2.37. The summed E-state index contributed by atoms with van der Waals surface area (Å²) in [5.74, 6) is 1.99. The van der Waals surface area contributed by atoms with Crippen LogP contribution in [0.1, 0.15) is 24.1 Å². The maximum Gasteiger partial charge on any atom is 0.129 e. The third kappa shape index (κ3) is 4.18. The molecule has 4 nitrogen and oxygen atoms in total. The quantitative estimate of drug-likeness (QED) is 0.890. The largest absolute Gasteiger partial charge is 0.357 e. The first-order valence-corrected chi connectivity index (χ1v) is 7.60. The van der Waals surface area contributed by atoms with E-state index >= 15 is 0 Å². The van der Waals surface area contributed by atoms with Crippen molar-refractivity contribution >= 4 is 5.82 Å². The molecule has 1 aliphatic heterocycles. The summed E-state index contributed by atoms with van der Waals surface area (Å²) in [5.41, 5.74) is 2.44. The highest BCUT2D eigenvalue weighted by Gasteiger charge is 2.20. The SMILES string of the molecule is CNCc1cc(C)nc(N2CCC(CN(C)C)CC2)c1. The van der Waals surface area contributed by atoms with E-state index in [0.717, 1.165) is 37.1 Å². The topological polar surface area (TPSA) is 31.4 Å². The van der Waals surface area contributed by atoms with Crippen LogP contribution in [-0.2, 0) is 6.54 Å². The van der Waals surface area contributed by atoms with Crippen LogP contribution in [0.5, 0.6) is 0 Å². The molecule has 0 aromatic carbocycles. The Morgan fingerprint density at radius 1 is 1.30 bits per heavy atom. The standard InChI is InChI=1S/C16H28N4/c1-13-9-15(11-17-2)10-16(18-13)20-7-5-14(6-8-20)12-19(3)4/h9-10,14,17H,5-8,11-12H2,1-4H3. The number of rotatable bonds is 5. The van der Waals surface area contributed by atoms with Gasteiger partial charge in [-0.25, -0.2) is 4.98 Å². The molecule has 1 aromatic rings. The summed E-state index contributed by atoms with van der Waals surface area (Å²) in [6.07, 6.45) is 2.55. The average Bonchev–Trinajstić information content (AvgIpc) is 2.38. The van der Waals surface area contributed by atoms with Gasteiger partial charge in [-0.15, -0.1) is 0 Å². The number of nitrogens with zero attached hydrogens (tertiary/aromatic N) is 3. The monoisotopic (exact) mass is 276 g/mol. The Morgan fingerprint density at radius 2 is 2.00 bits per heavy atom. The van der Waals surface area contributed by atoms with Gasteiger partial charge in [-0.1, -0.05) is 0 Å². The van der Waals surface area contributed by atoms with Crippen LogP contribution in [0.4, 0.5) is 5.82 Å². The lowest BCUT2D eigenvalue weighted by atomic mass is 9.96. The second-order valence-corrected chi connectivity index (χ2v) is 6.20. The minimum Gasteiger partial charge on any atom is -0.357 e. The fourth-order valence-corrected chi connectivity index (χ4v) is 3.05. The van der Waals surface area contributed by atoms with Crippen molar-refractivity contribution in [3.8, 4) is 0 Å². The minimum absolute atomic E-state index is 0.836. The van der Waals surface area contributed by atoms with E-state index in [1.807, 2.05) is 7.05 Å². The third-order valence-corrected chi connectivity index (χ3v) is 3.94. The first kappa shape index (κ1) is 15.3. The van der Waals surface area contributed by atoms with Crippen molar-refractivity contribution in [2.75, 3.05) is 45.7 Å². The van der Waals surface area contributed by atoms with Gasteiger partial charge in [-0.3, -0.25) is 0 Å². The van der Waals surface area contributed by atoms with Crippen molar-refractivity contribution in [3.05, 3.63) is 23.4 Å². The average molecular weight is 276 g/mol. The summed E-state index contributed by atoms with van der Waals surface area (Å²) in [7, 11) is 6.32. The van der Waals surface area contributed by atoms with Crippen LogP contribution >= 0.6 is 0 Å². The molecule has 4 heteroatoms. The van der Waals surface area contributed by atoms with Gasteiger partial charge >= 0.3 is 0 Å². The van der Waals surface area contributed by atoms with Crippen molar-refractivity contribution in [1.82, 2.24) is 15.2 Å². The molecule has 0 bridgehead atoms. The van der Waals surface area contributed by atoms with E-state index in [2.05, 4.69) is 48.3 Å². The number of hydrogen-bond acceptors (Lipinski definition) is 4. The van der Waals surface area contributed by atoms with Crippen LogP contribution in [0.15, 0.2) is 12.1 Å². The second kappa shape index (κ2) is 7.04. The summed E-state index contributed by atoms with van der Waals surface area (Å²) in [6.45, 7) is 6.47. The Kier molecular flexibility index (Phi) is 5.38. The van der Waals surface area contributed by atoms with Gasteiger partial charge in [0.1, 0.15) is 5.82 Å². The second-order valence-electron chi connectivity index (χ2n) is 6.20. The van der Waals surface area contributed by atoms with Crippen LogP contribution in [0.25, 0.3) is 0 Å². The molecule has 0 aliphatic carbocycles. The van der Waals surface area contributed by atoms with Gasteiger partial charge < -0.3 is 15.1 Å². The van der Waals surface area contributed by atoms with Gasteiger partial charge in [-0.05, 0) is 64.5 Å². The lowest BCUT2D eigenvalue weighted by molar-refractivity contribution is 0.284. The normalized spacial score (nSPS) is 16.9. The number of pyridine rings is 1. The van der Waals surface area contributed by atoms with E-state index in [-0.39, 0.29) is 0 Å². The van der Waals surface area contributed by atoms with Crippen LogP contribution < -0.4 is 10.2 Å². The predicted molar refractivity (Wildman–Crippen MR) is 85.2 cm³/mol. The van der Waals surface area contributed by atoms with Gasteiger partial charge in [0.15, 0.2) is 0 Å². The molecule has 2 rings (SSSR count). The Morgan fingerprint density at radius 3 is 2.60 bits per heavy atom. The van der Waals surface area contributed by atoms with Gasteiger partial charge in [0.25, 0.3) is 0 Å². The molecule has 0 atom stereocenters. The molecule has 0 spiro atoms. The first-order chi connectivity index (χ1) is 9.58. The predicted octanol–water partition coefficient (Wildman–Crippen LogP) is 1.89. The van der Waals surface area contributed by atoms with E-state index in [1.54, 1.807) is 0 Å². The van der Waals surface area contributed by atoms with E-state index < -0.39 is 0 Å². The van der Waals surface area contributed by atoms with E-state index in [0.29, 0.717) is 0 Å². The van der Waals surface area contributed by atoms with Crippen molar-refractivity contribution in [2.24, 2.45) is 5.92 Å². The highest BCUT2D eigenvalue weighted by Crippen LogP contribution is 2.23. The third-order valence-electron chi connectivity index (χ3n) is 3.94. The summed E-state index contributed by atoms with van der Waals surface area (Å²) >= 11 is 0. The number of anilines is 1. The van der Waals surface area contributed by atoms with Crippen LogP contribution in [-0.4, -0.2) is 50.7 Å². The van der Waals surface area contributed by atoms with Gasteiger partial charge in [0.05, 0.1) is 0 Å². The smallest absolute Gasteiger partial charge is 0.129 e. The van der Waals surface area contributed by atoms with Crippen molar-refractivity contribution < 1.29 is 0 Å². The summed E-state index contributed by atoms with van der Waals surface area (Å²) in [4.78, 5) is 9.46. The number of nitrogens with one attached hydrogen (secondary N) is 1. The molecule has 0 radical (unpaired) electrons. The lowest BCUT2D eigenvalue weighted by Gasteiger charge is -2.34. The Balaban J connectivity index is 1.99. The van der Waals surface area contributed by atoms with E-state index in [9.17, 15) is 0 Å². The first-order valence-electron chi connectivity index (χ1n) is 7.60. The number of hydrogen-bond donors (Lipinski definition) is 1. The maximum absolute atomic E-state index is 4.71. The van der Waals surface area contributed by atoms with E-state index in [4.69, 9.17) is 4.98 Å². The molecule has 1 N–H and O–H groups in total. The van der Waals surface area contributed by atoms with Crippen molar-refractivity contribution in [3.63, 3.8) is 0 Å². The highest BCUT2D eigenvalue weighted by molar-refractivity contribution is 5.43. The Bertz CT molecular complexity index is 422. The molecule has 1 aromatic heterocycles. The molecule has 2 heterocycles. The van der Waals surface area contributed by atoms with Crippen LogP contribution in [0.2, 0.25) is 0 Å². The molecule has 20 heavy (non-hydrogen) atoms. The summed E-state index contributed by atoms with van der Waals surface area (Å²) in [6, 6.07) is 4.40. The van der Waals surface area contributed by atoms with Crippen molar-refractivity contribution in [1.29, 1.82) is 0 Å². The zero-order chi connectivity index (χ0) is 14.5. The fraction of sp³-hybridized carbons (Fsp3) is 0.688. The molecule has 0 unspecified atom stereocenters. The van der Waals surface area contributed by atoms with Gasteiger partial charge in [-0.2, -0.15) is 0 Å². The molecule has 0 amide bonds. The zero-order valence-corrected chi connectivity index (χ0v) is 13.3. The maximum atomic E-state index is 4.71. The molecule has 1 fully saturated rings. The Labute approximate surface area is 123 Å². The van der Waals surface area contributed by atoms with Crippen LogP contribution in [0.3, 0.4) is 0 Å². The molecule has 0 saturated carbocycles. The zero-order valence-electron chi connectivity index (χ0n) is 13.3. The molecular weight excluding hydrogens is 248 g/mol. The molecular formula is C16H28N4. The number of aryl methyl sites for hydroxylation is 1. The van der Waals surface area contributed by atoms with Crippen LogP contribution in [0, 0.1) is 12.8 Å².